The molecule has 4 aromatic heterocycles. The minimum Gasteiger partial charge on any atom is -0.467 e. The van der Waals surface area contributed by atoms with Crippen molar-refractivity contribution < 1.29 is 19.0 Å². The summed E-state index contributed by atoms with van der Waals surface area (Å²) in [4.78, 5) is 42.0. The Kier molecular flexibility index (Phi) is 7.29. The molecule has 1 saturated heterocycles. The maximum absolute atomic E-state index is 11.9. The number of nitrogens with zero attached hydrogens (tertiary/aromatic N) is 7. The number of anilines is 2. The first-order valence-corrected chi connectivity index (χ1v) is 13.0. The van der Waals surface area contributed by atoms with Crippen molar-refractivity contribution in [3.05, 3.63) is 41.3 Å². The summed E-state index contributed by atoms with van der Waals surface area (Å²) in [6.45, 7) is 8.88. The van der Waals surface area contributed by atoms with Gasteiger partial charge in [0.1, 0.15) is 0 Å². The number of methoxy groups -OCH3 is 1. The van der Waals surface area contributed by atoms with Gasteiger partial charge in [0, 0.05) is 42.8 Å². The van der Waals surface area contributed by atoms with Gasteiger partial charge in [0.05, 0.1) is 53.8 Å². The molecule has 198 valence electrons. The second-order valence-corrected chi connectivity index (χ2v) is 10.1. The van der Waals surface area contributed by atoms with Crippen LogP contribution in [0.1, 0.15) is 36.0 Å². The second-order valence-electron chi connectivity index (χ2n) is 9.02. The molecule has 0 unspecified atom stereocenters. The lowest BCUT2D eigenvalue weighted by Crippen LogP contribution is -2.36. The van der Waals surface area contributed by atoms with Crippen LogP contribution < -0.4 is 15.0 Å². The van der Waals surface area contributed by atoms with Gasteiger partial charge in [0.25, 0.3) is 0 Å². The largest absolute Gasteiger partial charge is 0.467 e. The molecule has 0 radical (unpaired) electrons. The van der Waals surface area contributed by atoms with Crippen molar-refractivity contribution >= 4 is 39.3 Å². The molecular formula is C25H28N8O4S. The van der Waals surface area contributed by atoms with E-state index < -0.39 is 11.5 Å². The number of aromatic nitrogens is 6. The number of hydrogen-bond acceptors (Lipinski definition) is 13. The highest BCUT2D eigenvalue weighted by Gasteiger charge is 2.27. The van der Waals surface area contributed by atoms with Crippen LogP contribution in [0.5, 0.6) is 6.01 Å². The molecule has 38 heavy (non-hydrogen) atoms. The summed E-state index contributed by atoms with van der Waals surface area (Å²) in [5.74, 6) is 1.34. The Hall–Kier alpha value is -3.97. The van der Waals surface area contributed by atoms with Crippen LogP contribution in [0.4, 0.5) is 11.8 Å². The van der Waals surface area contributed by atoms with Crippen molar-refractivity contribution in [3.63, 3.8) is 0 Å². The van der Waals surface area contributed by atoms with Crippen LogP contribution in [0.25, 0.3) is 21.6 Å². The fourth-order valence-corrected chi connectivity index (χ4v) is 5.10. The third-order valence-corrected chi connectivity index (χ3v) is 7.38. The van der Waals surface area contributed by atoms with Crippen molar-refractivity contribution in [3.8, 4) is 17.4 Å². The first-order chi connectivity index (χ1) is 18.4. The van der Waals surface area contributed by atoms with Crippen molar-refractivity contribution in [1.82, 2.24) is 29.9 Å². The second kappa shape index (κ2) is 10.8. The number of rotatable bonds is 8. The SMILES string of the molecule is CCOC(=O)c1cnc(NC(C)(C)c2cc3nc(-c4cnc(OC)nc4)nc(N4CCOCC4)c3s2)nc1. The maximum Gasteiger partial charge on any atom is 0.341 e. The third-order valence-electron chi connectivity index (χ3n) is 5.94. The van der Waals surface area contributed by atoms with E-state index in [2.05, 4.69) is 36.2 Å². The maximum atomic E-state index is 11.9. The number of nitrogens with one attached hydrogen (secondary N) is 1. The summed E-state index contributed by atoms with van der Waals surface area (Å²) in [7, 11) is 1.52. The molecule has 4 aromatic rings. The molecular weight excluding hydrogens is 508 g/mol. The normalized spacial score (nSPS) is 13.9. The Bertz CT molecular complexity index is 1420. The van der Waals surface area contributed by atoms with Gasteiger partial charge < -0.3 is 24.4 Å². The van der Waals surface area contributed by atoms with Crippen molar-refractivity contribution in [1.29, 1.82) is 0 Å². The number of carbonyl (C=O) groups is 1. The van der Waals surface area contributed by atoms with E-state index in [0.717, 1.165) is 34.0 Å². The molecule has 1 N–H and O–H groups in total. The zero-order valence-electron chi connectivity index (χ0n) is 21.6. The fourth-order valence-electron chi connectivity index (χ4n) is 3.93. The van der Waals surface area contributed by atoms with Gasteiger partial charge in [-0.2, -0.15) is 0 Å². The lowest BCUT2D eigenvalue weighted by molar-refractivity contribution is 0.0525. The molecule has 0 bridgehead atoms. The van der Waals surface area contributed by atoms with E-state index in [0.29, 0.717) is 42.7 Å². The zero-order valence-corrected chi connectivity index (χ0v) is 22.4. The summed E-state index contributed by atoms with van der Waals surface area (Å²) >= 11 is 1.62. The molecule has 12 nitrogen and oxygen atoms in total. The lowest BCUT2D eigenvalue weighted by atomic mass is 10.0. The van der Waals surface area contributed by atoms with E-state index in [-0.39, 0.29) is 6.01 Å². The highest BCUT2D eigenvalue weighted by Crippen LogP contribution is 2.39. The predicted molar refractivity (Wildman–Crippen MR) is 143 cm³/mol. The van der Waals surface area contributed by atoms with Crippen LogP contribution in [0.2, 0.25) is 0 Å². The standard InChI is InChI=1S/C25H28N8O4S/c1-5-37-22(34)16-13-26-23(27-14-16)32-25(2,3)18-10-17-19(38-18)21(33-6-8-36-9-7-33)31-20(30-17)15-11-28-24(35-4)29-12-15/h10-14H,5-9H2,1-4H3,(H,26,27,32). The highest BCUT2D eigenvalue weighted by atomic mass is 32.1. The van der Waals surface area contributed by atoms with Gasteiger partial charge >= 0.3 is 12.0 Å². The molecule has 0 aromatic carbocycles. The number of morpholine rings is 1. The molecule has 1 aliphatic rings. The van der Waals surface area contributed by atoms with Crippen LogP contribution in [-0.2, 0) is 15.0 Å². The smallest absolute Gasteiger partial charge is 0.341 e. The monoisotopic (exact) mass is 536 g/mol. The Morgan fingerprint density at radius 2 is 1.82 bits per heavy atom. The molecule has 5 rings (SSSR count). The van der Waals surface area contributed by atoms with Gasteiger partial charge in [-0.25, -0.2) is 34.7 Å². The summed E-state index contributed by atoms with van der Waals surface area (Å²) in [5, 5.41) is 3.37. The molecule has 0 atom stereocenters. The summed E-state index contributed by atoms with van der Waals surface area (Å²) < 4.78 is 16.6. The highest BCUT2D eigenvalue weighted by molar-refractivity contribution is 7.19. The lowest BCUT2D eigenvalue weighted by Gasteiger charge is -2.28. The van der Waals surface area contributed by atoms with Gasteiger partial charge in [0.15, 0.2) is 11.6 Å². The van der Waals surface area contributed by atoms with E-state index in [1.807, 2.05) is 13.8 Å². The van der Waals surface area contributed by atoms with Gasteiger partial charge in [-0.1, -0.05) is 0 Å². The van der Waals surface area contributed by atoms with E-state index in [9.17, 15) is 4.79 Å². The molecule has 1 fully saturated rings. The Labute approximate surface area is 223 Å². The minimum absolute atomic E-state index is 0.284. The molecule has 5 heterocycles. The van der Waals surface area contributed by atoms with Crippen molar-refractivity contribution in [2.75, 3.05) is 50.2 Å². The molecule has 0 amide bonds. The first kappa shape index (κ1) is 25.7. The average Bonchev–Trinajstić information content (AvgIpc) is 3.39. The van der Waals surface area contributed by atoms with E-state index in [1.54, 1.807) is 30.7 Å². The molecule has 0 spiro atoms. The number of carbonyl (C=O) groups excluding carboxylic acids is 1. The van der Waals surface area contributed by atoms with Crippen LogP contribution in [0.3, 0.4) is 0 Å². The van der Waals surface area contributed by atoms with Gasteiger partial charge in [-0.15, -0.1) is 11.3 Å². The Morgan fingerprint density at radius 1 is 1.11 bits per heavy atom. The third kappa shape index (κ3) is 5.34. The van der Waals surface area contributed by atoms with E-state index in [4.69, 9.17) is 24.2 Å². The van der Waals surface area contributed by atoms with Crippen LogP contribution in [0, 0.1) is 0 Å². The number of thiophene rings is 1. The van der Waals surface area contributed by atoms with Crippen LogP contribution >= 0.6 is 11.3 Å². The molecule has 0 saturated carbocycles. The van der Waals surface area contributed by atoms with Gasteiger partial charge in [-0.05, 0) is 26.8 Å². The average molecular weight is 537 g/mol. The first-order valence-electron chi connectivity index (χ1n) is 12.2. The van der Waals surface area contributed by atoms with Crippen molar-refractivity contribution in [2.45, 2.75) is 26.3 Å². The topological polar surface area (TPSA) is 137 Å². The molecule has 1 aliphatic heterocycles. The Morgan fingerprint density at radius 3 is 2.47 bits per heavy atom. The van der Waals surface area contributed by atoms with Gasteiger partial charge in [0.2, 0.25) is 5.95 Å². The number of ether oxygens (including phenoxy) is 3. The summed E-state index contributed by atoms with van der Waals surface area (Å²) in [6, 6.07) is 2.34. The molecule has 13 heteroatoms. The van der Waals surface area contributed by atoms with Gasteiger partial charge in [-0.3, -0.25) is 0 Å². The van der Waals surface area contributed by atoms with E-state index in [1.165, 1.54) is 19.5 Å². The number of esters is 1. The minimum atomic E-state index is -0.539. The number of hydrogen-bond donors (Lipinski definition) is 1. The van der Waals surface area contributed by atoms with Crippen LogP contribution in [-0.4, -0.2) is 75.9 Å². The summed E-state index contributed by atoms with van der Waals surface area (Å²) in [6.07, 6.45) is 6.23. The predicted octanol–water partition coefficient (Wildman–Crippen LogP) is 3.31. The zero-order chi connectivity index (χ0) is 26.7. The Balaban J connectivity index is 1.49. The fraction of sp³-hybridized carbons (Fsp3) is 0.400. The van der Waals surface area contributed by atoms with E-state index >= 15 is 0 Å². The van der Waals surface area contributed by atoms with Crippen molar-refractivity contribution in [2.24, 2.45) is 0 Å². The summed E-state index contributed by atoms with van der Waals surface area (Å²) in [5.41, 5.74) is 1.28. The van der Waals surface area contributed by atoms with Crippen LogP contribution in [0.15, 0.2) is 30.9 Å². The number of fused-ring (bicyclic) bond motifs is 1. The molecule has 0 aliphatic carbocycles. The quantitative estimate of drug-likeness (QED) is 0.331.